The Bertz CT molecular complexity index is 639. The monoisotopic (exact) mass is 276 g/mol. The van der Waals surface area contributed by atoms with Gasteiger partial charge in [0.25, 0.3) is 0 Å². The molecule has 2 heterocycles. The van der Waals surface area contributed by atoms with E-state index in [2.05, 4.69) is 25.5 Å². The van der Waals surface area contributed by atoms with Gasteiger partial charge >= 0.3 is 0 Å². The van der Waals surface area contributed by atoms with Crippen molar-refractivity contribution in [2.75, 3.05) is 17.6 Å². The second-order valence-electron chi connectivity index (χ2n) is 3.27. The maximum atomic E-state index is 10.8. The zero-order chi connectivity index (χ0) is 12.5. The second-order valence-corrected chi connectivity index (χ2v) is 5.34. The van der Waals surface area contributed by atoms with Gasteiger partial charge in [-0.3, -0.25) is 5.10 Å². The van der Waals surface area contributed by atoms with E-state index in [0.29, 0.717) is 16.9 Å². The van der Waals surface area contributed by atoms with Gasteiger partial charge in [0.1, 0.15) is 5.82 Å². The second kappa shape index (κ2) is 4.43. The SMILES string of the molecule is NS(=O)(=O)CCNc1nc(Cl)nc2[nH]ncc12. The number of H-pyrrole nitrogens is 1. The number of primary sulfonamides is 1. The summed E-state index contributed by atoms with van der Waals surface area (Å²) in [6, 6.07) is 0. The lowest BCUT2D eigenvalue weighted by atomic mass is 10.4. The van der Waals surface area contributed by atoms with Crippen LogP contribution in [0.25, 0.3) is 11.0 Å². The summed E-state index contributed by atoms with van der Waals surface area (Å²) in [6.07, 6.45) is 1.52. The molecule has 0 amide bonds. The molecule has 0 spiro atoms. The third kappa shape index (κ3) is 3.02. The average molecular weight is 277 g/mol. The molecule has 10 heteroatoms. The zero-order valence-corrected chi connectivity index (χ0v) is 10.1. The molecule has 0 saturated carbocycles. The Labute approximate surface area is 102 Å². The predicted octanol–water partition coefficient (Wildman–Crippen LogP) is -0.293. The Hall–Kier alpha value is -1.45. The number of rotatable bonds is 4. The van der Waals surface area contributed by atoms with Crippen molar-refractivity contribution in [3.05, 3.63) is 11.5 Å². The normalized spacial score (nSPS) is 11.9. The molecule has 0 radical (unpaired) electrons. The number of anilines is 1. The largest absolute Gasteiger partial charge is 0.368 e. The Morgan fingerprint density at radius 1 is 1.47 bits per heavy atom. The van der Waals surface area contributed by atoms with Crippen molar-refractivity contribution in [1.82, 2.24) is 20.2 Å². The van der Waals surface area contributed by atoms with E-state index in [9.17, 15) is 8.42 Å². The van der Waals surface area contributed by atoms with Crippen LogP contribution >= 0.6 is 11.6 Å². The van der Waals surface area contributed by atoms with Gasteiger partial charge in [-0.1, -0.05) is 0 Å². The van der Waals surface area contributed by atoms with Crippen molar-refractivity contribution in [2.45, 2.75) is 0 Å². The molecule has 2 rings (SSSR count). The maximum absolute atomic E-state index is 10.8. The van der Waals surface area contributed by atoms with E-state index in [1.165, 1.54) is 6.20 Å². The summed E-state index contributed by atoms with van der Waals surface area (Å²) in [7, 11) is -3.51. The Kier molecular flexibility index (Phi) is 3.13. The molecule has 4 N–H and O–H groups in total. The first-order chi connectivity index (χ1) is 7.96. The topological polar surface area (TPSA) is 127 Å². The van der Waals surface area contributed by atoms with Crippen molar-refractivity contribution in [2.24, 2.45) is 5.14 Å². The molecule has 0 aliphatic carbocycles. The fourth-order valence-corrected chi connectivity index (χ4v) is 1.81. The average Bonchev–Trinajstić information content (AvgIpc) is 2.63. The van der Waals surface area contributed by atoms with E-state index in [0.717, 1.165) is 0 Å². The molecule has 92 valence electrons. The first kappa shape index (κ1) is 12.0. The van der Waals surface area contributed by atoms with Crippen LogP contribution in [0.5, 0.6) is 0 Å². The quantitative estimate of drug-likeness (QED) is 0.659. The Balaban J connectivity index is 2.20. The van der Waals surface area contributed by atoms with Gasteiger partial charge in [-0.2, -0.15) is 15.1 Å². The van der Waals surface area contributed by atoms with Crippen LogP contribution in [0.15, 0.2) is 6.20 Å². The minimum absolute atomic E-state index is 0.0415. The van der Waals surface area contributed by atoms with Crippen LogP contribution in [-0.4, -0.2) is 40.9 Å². The fraction of sp³-hybridized carbons (Fsp3) is 0.286. The zero-order valence-electron chi connectivity index (χ0n) is 8.51. The van der Waals surface area contributed by atoms with Gasteiger partial charge < -0.3 is 5.32 Å². The highest BCUT2D eigenvalue weighted by molar-refractivity contribution is 7.89. The van der Waals surface area contributed by atoms with Gasteiger partial charge in [-0.25, -0.2) is 13.6 Å². The number of hydrogen-bond donors (Lipinski definition) is 3. The molecule has 0 saturated heterocycles. The number of nitrogens with one attached hydrogen (secondary N) is 2. The first-order valence-electron chi connectivity index (χ1n) is 4.57. The Morgan fingerprint density at radius 3 is 2.94 bits per heavy atom. The molecule has 2 aromatic rings. The van der Waals surface area contributed by atoms with Crippen LogP contribution in [0.3, 0.4) is 0 Å². The number of nitrogens with two attached hydrogens (primary N) is 1. The van der Waals surface area contributed by atoms with Crippen LogP contribution in [0.4, 0.5) is 5.82 Å². The summed E-state index contributed by atoms with van der Waals surface area (Å²) >= 11 is 5.70. The van der Waals surface area contributed by atoms with Gasteiger partial charge in [0.2, 0.25) is 15.3 Å². The van der Waals surface area contributed by atoms with Crippen molar-refractivity contribution in [3.63, 3.8) is 0 Å². The number of fused-ring (bicyclic) bond motifs is 1. The van der Waals surface area contributed by atoms with Gasteiger partial charge in [0.15, 0.2) is 5.65 Å². The smallest absolute Gasteiger partial charge is 0.226 e. The van der Waals surface area contributed by atoms with Gasteiger partial charge in [-0.05, 0) is 11.6 Å². The lowest BCUT2D eigenvalue weighted by molar-refractivity contribution is 0.598. The number of aromatic nitrogens is 4. The fourth-order valence-electron chi connectivity index (χ4n) is 1.25. The lowest BCUT2D eigenvalue weighted by Crippen LogP contribution is -2.22. The van der Waals surface area contributed by atoms with Crippen LogP contribution in [0.1, 0.15) is 0 Å². The molecular formula is C7H9ClN6O2S. The van der Waals surface area contributed by atoms with Crippen molar-refractivity contribution in [3.8, 4) is 0 Å². The van der Waals surface area contributed by atoms with Gasteiger partial charge in [-0.15, -0.1) is 0 Å². The van der Waals surface area contributed by atoms with Crippen molar-refractivity contribution in [1.29, 1.82) is 0 Å². The maximum Gasteiger partial charge on any atom is 0.226 e. The molecule has 0 unspecified atom stereocenters. The van der Waals surface area contributed by atoms with E-state index in [1.807, 2.05) is 0 Å². The van der Waals surface area contributed by atoms with Crippen molar-refractivity contribution >= 4 is 38.5 Å². The van der Waals surface area contributed by atoms with E-state index in [1.54, 1.807) is 0 Å². The number of sulfonamides is 1. The molecule has 0 aliphatic rings. The van der Waals surface area contributed by atoms with Gasteiger partial charge in [0, 0.05) is 6.54 Å². The molecule has 0 bridgehead atoms. The molecule has 0 fully saturated rings. The molecule has 0 aliphatic heterocycles. The molecule has 17 heavy (non-hydrogen) atoms. The number of aromatic amines is 1. The van der Waals surface area contributed by atoms with E-state index < -0.39 is 10.0 Å². The standard InChI is InChI=1S/C7H9ClN6O2S/c8-7-12-5(10-1-2-17(9,15)16)4-3-11-14-6(4)13-7/h3H,1-2H2,(H2,9,15,16)(H2,10,11,12,13,14). The highest BCUT2D eigenvalue weighted by atomic mass is 35.5. The van der Waals surface area contributed by atoms with Gasteiger partial charge in [0.05, 0.1) is 17.3 Å². The minimum Gasteiger partial charge on any atom is -0.368 e. The first-order valence-corrected chi connectivity index (χ1v) is 6.66. The molecule has 0 aromatic carbocycles. The van der Waals surface area contributed by atoms with E-state index >= 15 is 0 Å². The third-order valence-corrected chi connectivity index (χ3v) is 2.90. The third-order valence-electron chi connectivity index (χ3n) is 1.96. The van der Waals surface area contributed by atoms with Crippen LogP contribution < -0.4 is 10.5 Å². The number of halogens is 1. The molecule has 8 nitrogen and oxygen atoms in total. The summed E-state index contributed by atoms with van der Waals surface area (Å²) in [6.45, 7) is 0.131. The summed E-state index contributed by atoms with van der Waals surface area (Å²) in [5, 5.41) is 14.8. The predicted molar refractivity (Wildman–Crippen MR) is 63.2 cm³/mol. The van der Waals surface area contributed by atoms with Crippen LogP contribution in [0, 0.1) is 0 Å². The van der Waals surface area contributed by atoms with Crippen molar-refractivity contribution < 1.29 is 8.42 Å². The summed E-state index contributed by atoms with van der Waals surface area (Å²) in [5.41, 5.74) is 0.475. The van der Waals surface area contributed by atoms with Crippen LogP contribution in [0.2, 0.25) is 5.28 Å². The van der Waals surface area contributed by atoms with E-state index in [-0.39, 0.29) is 17.6 Å². The molecule has 0 atom stereocenters. The highest BCUT2D eigenvalue weighted by Gasteiger charge is 2.09. The number of nitrogens with zero attached hydrogens (tertiary/aromatic N) is 3. The lowest BCUT2D eigenvalue weighted by Gasteiger charge is -2.05. The summed E-state index contributed by atoms with van der Waals surface area (Å²) in [5.74, 6) is 0.214. The summed E-state index contributed by atoms with van der Waals surface area (Å²) < 4.78 is 21.5. The van der Waals surface area contributed by atoms with Crippen LogP contribution in [-0.2, 0) is 10.0 Å². The summed E-state index contributed by atoms with van der Waals surface area (Å²) in [4.78, 5) is 7.85. The minimum atomic E-state index is -3.51. The molecular weight excluding hydrogens is 268 g/mol. The molecule has 2 aromatic heterocycles. The van der Waals surface area contributed by atoms with E-state index in [4.69, 9.17) is 16.7 Å². The highest BCUT2D eigenvalue weighted by Crippen LogP contribution is 2.19. The number of hydrogen-bond acceptors (Lipinski definition) is 6. The Morgan fingerprint density at radius 2 is 2.24 bits per heavy atom.